The molecule has 0 fully saturated rings. The second-order valence-corrected chi connectivity index (χ2v) is 3.32. The lowest BCUT2D eigenvalue weighted by atomic mass is 10.1. The average Bonchev–Trinajstić information content (AvgIpc) is 2.08. The lowest BCUT2D eigenvalue weighted by molar-refractivity contribution is 1.25. The van der Waals surface area contributed by atoms with Crippen molar-refractivity contribution in [1.82, 2.24) is 0 Å². The van der Waals surface area contributed by atoms with Crippen molar-refractivity contribution in [3.8, 4) is 6.07 Å². The summed E-state index contributed by atoms with van der Waals surface area (Å²) in [5.74, 6) is 0. The van der Waals surface area contributed by atoms with Gasteiger partial charge < -0.3 is 0 Å². The lowest BCUT2D eigenvalue weighted by Crippen LogP contribution is -1.86. The number of hydrogen-bond donors (Lipinski definition) is 0. The van der Waals surface area contributed by atoms with E-state index in [1.54, 1.807) is 6.08 Å². The summed E-state index contributed by atoms with van der Waals surface area (Å²) in [6.45, 7) is 3.63. The maximum absolute atomic E-state index is 8.76. The van der Waals surface area contributed by atoms with Gasteiger partial charge in [-0.05, 0) is 24.1 Å². The minimum Gasteiger partial charge on any atom is -0.192 e. The van der Waals surface area contributed by atoms with E-state index < -0.39 is 0 Å². The predicted molar refractivity (Wildman–Crippen MR) is 52.8 cm³/mol. The number of allylic oxidation sites excluding steroid dienone is 1. The zero-order valence-corrected chi connectivity index (χ0v) is 8.13. The number of hydrogen-bond acceptors (Lipinski definition) is 1. The monoisotopic (exact) mass is 221 g/mol. The third-order valence-corrected chi connectivity index (χ3v) is 2.05. The first-order valence-corrected chi connectivity index (χ1v) is 4.36. The van der Waals surface area contributed by atoms with E-state index in [0.29, 0.717) is 5.56 Å². The molecule has 2 heteroatoms. The van der Waals surface area contributed by atoms with Gasteiger partial charge in [0.25, 0.3) is 0 Å². The topological polar surface area (TPSA) is 23.8 Å². The Hall–Kier alpha value is -1.07. The molecule has 0 aromatic heterocycles. The van der Waals surface area contributed by atoms with Crippen molar-refractivity contribution >= 4 is 15.9 Å². The molecule has 0 bridgehead atoms. The van der Waals surface area contributed by atoms with Gasteiger partial charge in [0.05, 0.1) is 11.6 Å². The number of rotatable bonds is 2. The summed E-state index contributed by atoms with van der Waals surface area (Å²) in [5.41, 5.74) is 1.74. The highest BCUT2D eigenvalue weighted by molar-refractivity contribution is 9.10. The lowest BCUT2D eigenvalue weighted by Gasteiger charge is -1.99. The number of benzene rings is 1. The average molecular weight is 222 g/mol. The predicted octanol–water partition coefficient (Wildman–Crippen LogP) is 3.05. The number of nitrogens with zero attached hydrogens (tertiary/aromatic N) is 1. The van der Waals surface area contributed by atoms with Gasteiger partial charge in [0.1, 0.15) is 0 Å². The fourth-order valence-corrected chi connectivity index (χ4v) is 1.35. The van der Waals surface area contributed by atoms with Crippen molar-refractivity contribution in [2.45, 2.75) is 6.42 Å². The van der Waals surface area contributed by atoms with Crippen LogP contribution in [0.25, 0.3) is 0 Å². The molecule has 1 nitrogen and oxygen atoms in total. The molecule has 0 aliphatic rings. The van der Waals surface area contributed by atoms with Crippen LogP contribution in [0, 0.1) is 11.3 Å². The minimum absolute atomic E-state index is 0.712. The van der Waals surface area contributed by atoms with Gasteiger partial charge in [0.2, 0.25) is 0 Å². The normalized spacial score (nSPS) is 9.00. The first kappa shape index (κ1) is 9.02. The summed E-state index contributed by atoms with van der Waals surface area (Å²) < 4.78 is 0.937. The van der Waals surface area contributed by atoms with E-state index in [2.05, 4.69) is 28.6 Å². The molecular weight excluding hydrogens is 214 g/mol. The van der Waals surface area contributed by atoms with E-state index in [4.69, 9.17) is 5.26 Å². The van der Waals surface area contributed by atoms with E-state index in [-0.39, 0.29) is 0 Å². The maximum Gasteiger partial charge on any atom is 0.0995 e. The second kappa shape index (κ2) is 4.08. The van der Waals surface area contributed by atoms with Crippen molar-refractivity contribution in [1.29, 1.82) is 5.26 Å². The molecule has 0 saturated carbocycles. The highest BCUT2D eigenvalue weighted by atomic mass is 79.9. The largest absolute Gasteiger partial charge is 0.192 e. The molecule has 12 heavy (non-hydrogen) atoms. The van der Waals surface area contributed by atoms with Crippen molar-refractivity contribution in [2.24, 2.45) is 0 Å². The highest BCUT2D eigenvalue weighted by Gasteiger charge is 1.99. The van der Waals surface area contributed by atoms with Crippen LogP contribution in [0.15, 0.2) is 35.3 Å². The van der Waals surface area contributed by atoms with E-state index in [1.807, 2.05) is 18.2 Å². The van der Waals surface area contributed by atoms with Gasteiger partial charge in [-0.3, -0.25) is 0 Å². The summed E-state index contributed by atoms with van der Waals surface area (Å²) in [5, 5.41) is 8.76. The van der Waals surface area contributed by atoms with Crippen LogP contribution in [0.4, 0.5) is 0 Å². The third kappa shape index (κ3) is 1.96. The molecule has 1 rings (SSSR count). The maximum atomic E-state index is 8.76. The highest BCUT2D eigenvalue weighted by Crippen LogP contribution is 2.16. The second-order valence-electron chi connectivity index (χ2n) is 2.41. The van der Waals surface area contributed by atoms with Gasteiger partial charge in [0.15, 0.2) is 0 Å². The van der Waals surface area contributed by atoms with Gasteiger partial charge in [-0.2, -0.15) is 5.26 Å². The van der Waals surface area contributed by atoms with E-state index in [9.17, 15) is 0 Å². The van der Waals surface area contributed by atoms with Gasteiger partial charge in [-0.15, -0.1) is 6.58 Å². The molecule has 0 aliphatic carbocycles. The Morgan fingerprint density at radius 2 is 2.33 bits per heavy atom. The standard InChI is InChI=1S/C10H8BrN/c1-2-3-8-4-5-10(11)6-9(8)7-12/h2,4-6H,1,3H2. The first-order valence-electron chi connectivity index (χ1n) is 3.57. The van der Waals surface area contributed by atoms with Crippen LogP contribution in [0.3, 0.4) is 0 Å². The Morgan fingerprint density at radius 1 is 1.58 bits per heavy atom. The molecule has 0 atom stereocenters. The summed E-state index contributed by atoms with van der Waals surface area (Å²) in [6.07, 6.45) is 2.54. The molecular formula is C10H8BrN. The number of halogens is 1. The molecule has 0 saturated heterocycles. The first-order chi connectivity index (χ1) is 5.77. The molecule has 0 unspecified atom stereocenters. The molecule has 1 aromatic rings. The summed E-state index contributed by atoms with van der Waals surface area (Å²) in [7, 11) is 0. The van der Waals surface area contributed by atoms with Crippen molar-refractivity contribution in [3.05, 3.63) is 46.5 Å². The van der Waals surface area contributed by atoms with Crippen LogP contribution in [0.5, 0.6) is 0 Å². The van der Waals surface area contributed by atoms with Crippen LogP contribution in [-0.4, -0.2) is 0 Å². The molecule has 60 valence electrons. The fraction of sp³-hybridized carbons (Fsp3) is 0.100. The molecule has 1 aromatic carbocycles. The van der Waals surface area contributed by atoms with Gasteiger partial charge >= 0.3 is 0 Å². The molecule has 0 amide bonds. The van der Waals surface area contributed by atoms with Crippen LogP contribution in [0.1, 0.15) is 11.1 Å². The fourth-order valence-electron chi connectivity index (χ4n) is 0.986. The third-order valence-electron chi connectivity index (χ3n) is 1.56. The Morgan fingerprint density at radius 3 is 2.92 bits per heavy atom. The molecule has 0 aliphatic heterocycles. The zero-order valence-electron chi connectivity index (χ0n) is 6.55. The molecule has 0 radical (unpaired) electrons. The Balaban J connectivity index is 3.12. The van der Waals surface area contributed by atoms with Crippen LogP contribution >= 0.6 is 15.9 Å². The summed E-state index contributed by atoms with van der Waals surface area (Å²) >= 11 is 3.31. The van der Waals surface area contributed by atoms with Crippen molar-refractivity contribution < 1.29 is 0 Å². The Kier molecular flexibility index (Phi) is 3.07. The van der Waals surface area contributed by atoms with E-state index in [0.717, 1.165) is 16.5 Å². The van der Waals surface area contributed by atoms with Gasteiger partial charge in [0, 0.05) is 4.47 Å². The number of nitriles is 1. The quantitative estimate of drug-likeness (QED) is 0.705. The van der Waals surface area contributed by atoms with Crippen LogP contribution in [0.2, 0.25) is 0 Å². The molecule has 0 heterocycles. The van der Waals surface area contributed by atoms with E-state index >= 15 is 0 Å². The van der Waals surface area contributed by atoms with Crippen LogP contribution in [-0.2, 0) is 6.42 Å². The van der Waals surface area contributed by atoms with Crippen molar-refractivity contribution in [3.63, 3.8) is 0 Å². The molecule has 0 N–H and O–H groups in total. The summed E-state index contributed by atoms with van der Waals surface area (Å²) in [4.78, 5) is 0. The SMILES string of the molecule is C=CCc1ccc(Br)cc1C#N. The van der Waals surface area contributed by atoms with Gasteiger partial charge in [-0.25, -0.2) is 0 Å². The molecule has 0 spiro atoms. The Bertz CT molecular complexity index is 336. The van der Waals surface area contributed by atoms with Crippen LogP contribution < -0.4 is 0 Å². The Labute approximate surface area is 80.5 Å². The van der Waals surface area contributed by atoms with Crippen molar-refractivity contribution in [2.75, 3.05) is 0 Å². The zero-order chi connectivity index (χ0) is 8.97. The minimum atomic E-state index is 0.712. The summed E-state index contributed by atoms with van der Waals surface area (Å²) in [6, 6.07) is 7.83. The van der Waals surface area contributed by atoms with E-state index in [1.165, 1.54) is 0 Å². The van der Waals surface area contributed by atoms with Gasteiger partial charge in [-0.1, -0.05) is 28.1 Å². The smallest absolute Gasteiger partial charge is 0.0995 e.